The first kappa shape index (κ1) is 19.3. The van der Waals surface area contributed by atoms with Gasteiger partial charge in [0.2, 0.25) is 5.91 Å². The average molecular weight is 383 g/mol. The number of thiazole rings is 1. The van der Waals surface area contributed by atoms with Crippen LogP contribution in [0.3, 0.4) is 0 Å². The minimum absolute atomic E-state index is 0.315. The van der Waals surface area contributed by atoms with Crippen LogP contribution in [0.5, 0.6) is 0 Å². The van der Waals surface area contributed by atoms with Gasteiger partial charge in [0, 0.05) is 22.8 Å². The number of carboxylic acids is 1. The molecule has 1 aromatic heterocycles. The summed E-state index contributed by atoms with van der Waals surface area (Å²) in [6.45, 7) is 2.18. The van der Waals surface area contributed by atoms with Crippen LogP contribution < -0.4 is 10.4 Å². The van der Waals surface area contributed by atoms with Gasteiger partial charge in [0.25, 0.3) is 0 Å². The normalized spacial score (nSPS) is 19.0. The maximum Gasteiger partial charge on any atom is 0.230 e. The minimum atomic E-state index is -1.18. The number of nitrogens with one attached hydrogen (secondary N) is 1. The van der Waals surface area contributed by atoms with E-state index in [9.17, 15) is 14.7 Å². The molecular formula is C21H23N2O3S-. The molecule has 0 aliphatic heterocycles. The molecule has 1 aromatic carbocycles. The van der Waals surface area contributed by atoms with Crippen molar-refractivity contribution in [3.05, 3.63) is 47.4 Å². The van der Waals surface area contributed by atoms with Gasteiger partial charge in [0.05, 0.1) is 11.6 Å². The molecule has 27 heavy (non-hydrogen) atoms. The number of carbonyl (C=O) groups excluding carboxylic acids is 2. The molecule has 2 atom stereocenters. The van der Waals surface area contributed by atoms with Gasteiger partial charge in [-0.05, 0) is 31.2 Å². The first-order valence-electron chi connectivity index (χ1n) is 9.30. The second-order valence-electron chi connectivity index (χ2n) is 6.80. The van der Waals surface area contributed by atoms with E-state index in [0.717, 1.165) is 17.7 Å². The van der Waals surface area contributed by atoms with Crippen molar-refractivity contribution in [1.29, 1.82) is 0 Å². The molecule has 3 rings (SSSR count). The van der Waals surface area contributed by atoms with E-state index in [-0.39, 0.29) is 5.91 Å². The van der Waals surface area contributed by atoms with Crippen LogP contribution in [-0.4, -0.2) is 16.9 Å². The fourth-order valence-electron chi connectivity index (χ4n) is 3.25. The number of anilines is 1. The lowest BCUT2D eigenvalue weighted by Crippen LogP contribution is -2.41. The number of nitrogens with zero attached hydrogens (tertiary/aromatic N) is 1. The molecule has 1 heterocycles. The van der Waals surface area contributed by atoms with E-state index in [1.807, 2.05) is 23.6 Å². The quantitative estimate of drug-likeness (QED) is 0.743. The summed E-state index contributed by atoms with van der Waals surface area (Å²) in [7, 11) is 0. The second-order valence-corrected chi connectivity index (χ2v) is 7.66. The van der Waals surface area contributed by atoms with E-state index in [0.29, 0.717) is 18.0 Å². The van der Waals surface area contributed by atoms with Crippen molar-refractivity contribution in [2.24, 2.45) is 11.8 Å². The Balaban J connectivity index is 1.66. The van der Waals surface area contributed by atoms with Gasteiger partial charge in [-0.1, -0.05) is 49.8 Å². The Morgan fingerprint density at radius 3 is 2.56 bits per heavy atom. The van der Waals surface area contributed by atoms with E-state index < -0.39 is 17.8 Å². The Bertz CT molecular complexity index is 826. The zero-order chi connectivity index (χ0) is 19.2. The number of hydrogen-bond acceptors (Lipinski definition) is 5. The summed E-state index contributed by atoms with van der Waals surface area (Å²) in [5.74, 6) is -2.90. The molecule has 0 saturated heterocycles. The summed E-state index contributed by atoms with van der Waals surface area (Å²) in [4.78, 5) is 28.3. The minimum Gasteiger partial charge on any atom is -0.550 e. The molecule has 1 aliphatic rings. The summed E-state index contributed by atoms with van der Waals surface area (Å²) in [6.07, 6.45) is 7.79. The highest BCUT2D eigenvalue weighted by Crippen LogP contribution is 2.29. The molecule has 6 heteroatoms. The van der Waals surface area contributed by atoms with Crippen molar-refractivity contribution >= 4 is 28.3 Å². The molecule has 0 unspecified atom stereocenters. The number of allylic oxidation sites excluding steroid dienone is 2. The molecule has 2 aromatic rings. The largest absolute Gasteiger partial charge is 0.550 e. The van der Waals surface area contributed by atoms with Gasteiger partial charge in [0.1, 0.15) is 0 Å². The Kier molecular flexibility index (Phi) is 6.40. The number of aliphatic carboxylic acids is 1. The van der Waals surface area contributed by atoms with Crippen LogP contribution in [0.4, 0.5) is 5.13 Å². The molecule has 0 radical (unpaired) electrons. The third-order valence-electron chi connectivity index (χ3n) is 4.87. The van der Waals surface area contributed by atoms with Gasteiger partial charge < -0.3 is 15.2 Å². The Labute approximate surface area is 163 Å². The van der Waals surface area contributed by atoms with E-state index in [1.54, 1.807) is 6.08 Å². The number of carbonyl (C=O) groups is 2. The summed E-state index contributed by atoms with van der Waals surface area (Å²) < 4.78 is 0. The number of unbranched alkanes of at least 4 members (excludes halogenated alkanes) is 1. The molecule has 0 saturated carbocycles. The molecule has 1 amide bonds. The zero-order valence-corrected chi connectivity index (χ0v) is 16.1. The number of carboxylic acid groups (broad SMARTS) is 1. The van der Waals surface area contributed by atoms with E-state index in [2.05, 4.69) is 29.4 Å². The molecule has 1 aliphatic carbocycles. The number of benzene rings is 1. The molecule has 0 bridgehead atoms. The van der Waals surface area contributed by atoms with Gasteiger partial charge in [-0.3, -0.25) is 4.79 Å². The molecule has 1 N–H and O–H groups in total. The van der Waals surface area contributed by atoms with Crippen LogP contribution in [0, 0.1) is 11.8 Å². The highest BCUT2D eigenvalue weighted by Gasteiger charge is 2.30. The van der Waals surface area contributed by atoms with Gasteiger partial charge >= 0.3 is 0 Å². The lowest BCUT2D eigenvalue weighted by Gasteiger charge is -2.27. The lowest BCUT2D eigenvalue weighted by atomic mass is 9.82. The summed E-state index contributed by atoms with van der Waals surface area (Å²) in [5.41, 5.74) is 3.11. The molecule has 0 spiro atoms. The maximum absolute atomic E-state index is 12.5. The monoisotopic (exact) mass is 383 g/mol. The average Bonchev–Trinajstić information content (AvgIpc) is 3.15. The van der Waals surface area contributed by atoms with Crippen LogP contribution in [0.25, 0.3) is 11.3 Å². The van der Waals surface area contributed by atoms with Gasteiger partial charge in [0.15, 0.2) is 5.13 Å². The number of aryl methyl sites for hydroxylation is 1. The van der Waals surface area contributed by atoms with Crippen molar-refractivity contribution in [2.45, 2.75) is 39.0 Å². The zero-order valence-electron chi connectivity index (χ0n) is 15.3. The fraction of sp³-hybridized carbons (Fsp3) is 0.381. The summed E-state index contributed by atoms with van der Waals surface area (Å²) in [6, 6.07) is 8.32. The van der Waals surface area contributed by atoms with E-state index >= 15 is 0 Å². The van der Waals surface area contributed by atoms with E-state index in [1.165, 1.54) is 29.7 Å². The molecule has 5 nitrogen and oxygen atoms in total. The first-order valence-corrected chi connectivity index (χ1v) is 10.2. The van der Waals surface area contributed by atoms with Gasteiger partial charge in [-0.2, -0.15) is 0 Å². The maximum atomic E-state index is 12.5. The van der Waals surface area contributed by atoms with Crippen molar-refractivity contribution in [3.63, 3.8) is 0 Å². The van der Waals surface area contributed by atoms with Crippen LogP contribution >= 0.6 is 11.3 Å². The van der Waals surface area contributed by atoms with Crippen LogP contribution in [0.15, 0.2) is 41.8 Å². The molecular weight excluding hydrogens is 360 g/mol. The molecule has 142 valence electrons. The Morgan fingerprint density at radius 2 is 1.89 bits per heavy atom. The third kappa shape index (κ3) is 4.83. The topological polar surface area (TPSA) is 82.1 Å². The van der Waals surface area contributed by atoms with Crippen LogP contribution in [-0.2, 0) is 16.0 Å². The lowest BCUT2D eigenvalue weighted by molar-refractivity contribution is -0.313. The number of aromatic nitrogens is 1. The van der Waals surface area contributed by atoms with Crippen LogP contribution in [0.2, 0.25) is 0 Å². The Hall–Kier alpha value is -2.47. The van der Waals surface area contributed by atoms with Crippen molar-refractivity contribution in [2.75, 3.05) is 5.32 Å². The van der Waals surface area contributed by atoms with Crippen molar-refractivity contribution in [3.8, 4) is 11.3 Å². The summed E-state index contributed by atoms with van der Waals surface area (Å²) >= 11 is 1.34. The second kappa shape index (κ2) is 8.95. The predicted octanol–water partition coefficient (Wildman–Crippen LogP) is 3.42. The standard InChI is InChI=1S/C21H24N2O3S/c1-2-3-6-14-9-11-15(12-10-14)18-13-27-21(22-18)23-19(24)16-7-4-5-8-17(16)20(25)26/h4-5,9-13,16-17H,2-3,6-8H2,1H3,(H,25,26)(H,22,23,24)/p-1/t16-,17-/m1/s1. The smallest absolute Gasteiger partial charge is 0.230 e. The number of hydrogen-bond donors (Lipinski definition) is 1. The first-order chi connectivity index (χ1) is 13.1. The molecule has 0 fully saturated rings. The Morgan fingerprint density at radius 1 is 1.19 bits per heavy atom. The number of amides is 1. The van der Waals surface area contributed by atoms with Crippen molar-refractivity contribution < 1.29 is 14.7 Å². The predicted molar refractivity (Wildman–Crippen MR) is 105 cm³/mol. The SMILES string of the molecule is CCCCc1ccc(-c2csc(NC(=O)[C@@H]3CC=CC[C@H]3C(=O)[O-])n2)cc1. The fourth-order valence-corrected chi connectivity index (χ4v) is 3.97. The number of rotatable bonds is 7. The summed E-state index contributed by atoms with van der Waals surface area (Å²) in [5, 5.41) is 16.4. The van der Waals surface area contributed by atoms with Gasteiger partial charge in [-0.25, -0.2) is 4.98 Å². The third-order valence-corrected chi connectivity index (χ3v) is 5.63. The highest BCUT2D eigenvalue weighted by atomic mass is 32.1. The van der Waals surface area contributed by atoms with Crippen LogP contribution in [0.1, 0.15) is 38.2 Å². The van der Waals surface area contributed by atoms with Crippen molar-refractivity contribution in [1.82, 2.24) is 4.98 Å². The highest BCUT2D eigenvalue weighted by molar-refractivity contribution is 7.14. The van der Waals surface area contributed by atoms with Gasteiger partial charge in [-0.15, -0.1) is 11.3 Å². The van der Waals surface area contributed by atoms with E-state index in [4.69, 9.17) is 0 Å².